The topological polar surface area (TPSA) is 56.1 Å². The number of carbonyl (C=O) groups is 1. The highest BCUT2D eigenvalue weighted by atomic mass is 16.5. The lowest BCUT2D eigenvalue weighted by atomic mass is 9.95. The Bertz CT molecular complexity index is 1020. The van der Waals surface area contributed by atoms with Crippen molar-refractivity contribution in [1.29, 1.82) is 0 Å². The van der Waals surface area contributed by atoms with Crippen LogP contribution in [0, 0.1) is 0 Å². The van der Waals surface area contributed by atoms with Crippen molar-refractivity contribution in [1.82, 2.24) is 9.55 Å². The number of aromatic nitrogens is 2. The summed E-state index contributed by atoms with van der Waals surface area (Å²) in [5.74, 6) is 0.366. The molecule has 4 rings (SSSR count). The molecular formula is C21H19N3O2. The van der Waals surface area contributed by atoms with Gasteiger partial charge in [-0.15, -0.1) is 0 Å². The summed E-state index contributed by atoms with van der Waals surface area (Å²) in [7, 11) is 0. The smallest absolute Gasteiger partial charge is 0.338 e. The van der Waals surface area contributed by atoms with Crippen molar-refractivity contribution in [2.45, 2.75) is 13.0 Å². The zero-order valence-corrected chi connectivity index (χ0v) is 14.5. The van der Waals surface area contributed by atoms with E-state index >= 15 is 0 Å². The van der Waals surface area contributed by atoms with E-state index < -0.39 is 0 Å². The van der Waals surface area contributed by atoms with Gasteiger partial charge in [-0.3, -0.25) is 4.57 Å². The van der Waals surface area contributed by atoms with Crippen LogP contribution in [-0.2, 0) is 9.53 Å². The van der Waals surface area contributed by atoms with Gasteiger partial charge >= 0.3 is 5.97 Å². The quantitative estimate of drug-likeness (QED) is 0.572. The van der Waals surface area contributed by atoms with Gasteiger partial charge in [0.15, 0.2) is 0 Å². The molecule has 1 aromatic heterocycles. The first-order chi connectivity index (χ1) is 12.7. The number of ether oxygens (including phenoxy) is 1. The number of fused-ring (bicyclic) bond motifs is 3. The molecule has 0 saturated heterocycles. The van der Waals surface area contributed by atoms with Crippen LogP contribution in [0.15, 0.2) is 78.5 Å². The SMILES string of the molecule is C=CCOC(=O)C1=C(C)Nc2nc3ccccc3n2C1c1ccccc1. The predicted octanol–water partition coefficient (Wildman–Crippen LogP) is 4.05. The first-order valence-electron chi connectivity index (χ1n) is 8.48. The molecule has 0 saturated carbocycles. The molecule has 0 fully saturated rings. The van der Waals surface area contributed by atoms with E-state index in [0.717, 1.165) is 28.2 Å². The molecule has 0 bridgehead atoms. The van der Waals surface area contributed by atoms with Gasteiger partial charge in [-0.25, -0.2) is 9.78 Å². The second-order valence-electron chi connectivity index (χ2n) is 6.16. The number of para-hydroxylation sites is 2. The van der Waals surface area contributed by atoms with Crippen LogP contribution in [0.1, 0.15) is 18.5 Å². The number of rotatable bonds is 4. The number of nitrogens with zero attached hydrogens (tertiary/aromatic N) is 2. The third-order valence-electron chi connectivity index (χ3n) is 4.50. The Hall–Kier alpha value is -3.34. The Morgan fingerprint density at radius 1 is 1.23 bits per heavy atom. The van der Waals surface area contributed by atoms with Crippen molar-refractivity contribution < 1.29 is 9.53 Å². The fourth-order valence-corrected chi connectivity index (χ4v) is 3.39. The van der Waals surface area contributed by atoms with Crippen molar-refractivity contribution in [3.05, 3.63) is 84.1 Å². The van der Waals surface area contributed by atoms with E-state index in [-0.39, 0.29) is 18.6 Å². The van der Waals surface area contributed by atoms with Gasteiger partial charge in [0, 0.05) is 5.70 Å². The Labute approximate surface area is 151 Å². The van der Waals surface area contributed by atoms with E-state index in [2.05, 4.69) is 21.4 Å². The van der Waals surface area contributed by atoms with Crippen LogP contribution in [0.2, 0.25) is 0 Å². The maximum absolute atomic E-state index is 12.8. The van der Waals surface area contributed by atoms with Crippen molar-refractivity contribution in [3.8, 4) is 0 Å². The number of nitrogens with one attached hydrogen (secondary N) is 1. The Morgan fingerprint density at radius 2 is 1.96 bits per heavy atom. The van der Waals surface area contributed by atoms with E-state index in [1.54, 1.807) is 6.08 Å². The summed E-state index contributed by atoms with van der Waals surface area (Å²) in [6.07, 6.45) is 1.57. The molecule has 130 valence electrons. The standard InChI is InChI=1S/C21H19N3O2/c1-3-13-26-20(25)18-14(2)22-21-23-16-11-7-8-12-17(16)24(21)19(18)15-9-5-4-6-10-15/h3-12,19H,1,13H2,2H3,(H,22,23). The molecule has 0 radical (unpaired) electrons. The zero-order valence-electron chi connectivity index (χ0n) is 14.5. The normalized spacial score (nSPS) is 16.1. The fraction of sp³-hybridized carbons (Fsp3) is 0.143. The van der Waals surface area contributed by atoms with Crippen LogP contribution in [0.5, 0.6) is 0 Å². The average Bonchev–Trinajstić information content (AvgIpc) is 3.03. The summed E-state index contributed by atoms with van der Waals surface area (Å²) in [6, 6.07) is 17.5. The Balaban J connectivity index is 1.94. The summed E-state index contributed by atoms with van der Waals surface area (Å²) in [4.78, 5) is 17.5. The second-order valence-corrected chi connectivity index (χ2v) is 6.16. The largest absolute Gasteiger partial charge is 0.458 e. The van der Waals surface area contributed by atoms with Crippen LogP contribution < -0.4 is 5.32 Å². The molecule has 2 heterocycles. The van der Waals surface area contributed by atoms with Crippen molar-refractivity contribution >= 4 is 23.0 Å². The maximum atomic E-state index is 12.8. The Kier molecular flexibility index (Phi) is 4.05. The Morgan fingerprint density at radius 3 is 2.73 bits per heavy atom. The minimum Gasteiger partial charge on any atom is -0.458 e. The van der Waals surface area contributed by atoms with Gasteiger partial charge in [0.1, 0.15) is 6.61 Å². The first kappa shape index (κ1) is 16.1. The number of anilines is 1. The molecule has 1 aliphatic heterocycles. The van der Waals surface area contributed by atoms with Gasteiger partial charge in [0.05, 0.1) is 22.6 Å². The van der Waals surface area contributed by atoms with E-state index in [9.17, 15) is 4.79 Å². The summed E-state index contributed by atoms with van der Waals surface area (Å²) < 4.78 is 7.43. The van der Waals surface area contributed by atoms with E-state index in [0.29, 0.717) is 5.57 Å². The molecule has 1 aliphatic rings. The monoisotopic (exact) mass is 345 g/mol. The lowest BCUT2D eigenvalue weighted by Crippen LogP contribution is -2.29. The first-order valence-corrected chi connectivity index (χ1v) is 8.48. The van der Waals surface area contributed by atoms with Gasteiger partial charge in [-0.1, -0.05) is 55.1 Å². The molecule has 0 spiro atoms. The van der Waals surface area contributed by atoms with Crippen molar-refractivity contribution in [2.75, 3.05) is 11.9 Å². The molecule has 5 heteroatoms. The minimum absolute atomic E-state index is 0.175. The number of hydrogen-bond acceptors (Lipinski definition) is 4. The van der Waals surface area contributed by atoms with Crippen molar-refractivity contribution in [2.24, 2.45) is 0 Å². The molecule has 3 aromatic rings. The summed E-state index contributed by atoms with van der Waals surface area (Å²) in [5.41, 5.74) is 4.17. The number of imidazole rings is 1. The molecule has 1 unspecified atom stereocenters. The fourth-order valence-electron chi connectivity index (χ4n) is 3.39. The molecule has 1 atom stereocenters. The van der Waals surface area contributed by atoms with Crippen LogP contribution in [-0.4, -0.2) is 22.1 Å². The number of esters is 1. The number of hydrogen-bond donors (Lipinski definition) is 1. The summed E-state index contributed by atoms with van der Waals surface area (Å²) >= 11 is 0. The van der Waals surface area contributed by atoms with Crippen LogP contribution in [0.3, 0.4) is 0 Å². The van der Waals surface area contributed by atoms with Crippen LogP contribution >= 0.6 is 0 Å². The molecule has 0 aliphatic carbocycles. The lowest BCUT2D eigenvalue weighted by molar-refractivity contribution is -0.138. The second kappa shape index (κ2) is 6.52. The summed E-state index contributed by atoms with van der Waals surface area (Å²) in [6.45, 7) is 5.67. The van der Waals surface area contributed by atoms with Gasteiger partial charge in [0.2, 0.25) is 5.95 Å². The van der Waals surface area contributed by atoms with E-state index in [1.807, 2.05) is 61.5 Å². The summed E-state index contributed by atoms with van der Waals surface area (Å²) in [5, 5.41) is 3.26. The molecule has 2 aromatic carbocycles. The van der Waals surface area contributed by atoms with Gasteiger partial charge < -0.3 is 10.1 Å². The third kappa shape index (κ3) is 2.58. The molecule has 1 N–H and O–H groups in total. The highest BCUT2D eigenvalue weighted by molar-refractivity contribution is 5.94. The average molecular weight is 345 g/mol. The van der Waals surface area contributed by atoms with Crippen LogP contribution in [0.25, 0.3) is 11.0 Å². The van der Waals surface area contributed by atoms with Gasteiger partial charge in [-0.2, -0.15) is 0 Å². The van der Waals surface area contributed by atoms with E-state index in [1.165, 1.54) is 0 Å². The van der Waals surface area contributed by atoms with Crippen LogP contribution in [0.4, 0.5) is 5.95 Å². The van der Waals surface area contributed by atoms with Crippen molar-refractivity contribution in [3.63, 3.8) is 0 Å². The minimum atomic E-state index is -0.354. The predicted molar refractivity (Wildman–Crippen MR) is 102 cm³/mol. The number of benzene rings is 2. The number of allylic oxidation sites excluding steroid dienone is 1. The molecule has 5 nitrogen and oxygen atoms in total. The zero-order chi connectivity index (χ0) is 18.1. The van der Waals surface area contributed by atoms with E-state index in [4.69, 9.17) is 4.74 Å². The lowest BCUT2D eigenvalue weighted by Gasteiger charge is -2.30. The number of carbonyl (C=O) groups excluding carboxylic acids is 1. The maximum Gasteiger partial charge on any atom is 0.338 e. The molecule has 0 amide bonds. The molecular weight excluding hydrogens is 326 g/mol. The highest BCUT2D eigenvalue weighted by Crippen LogP contribution is 2.39. The molecule has 26 heavy (non-hydrogen) atoms. The van der Waals surface area contributed by atoms with Gasteiger partial charge in [-0.05, 0) is 24.6 Å². The van der Waals surface area contributed by atoms with Gasteiger partial charge in [0.25, 0.3) is 0 Å². The highest BCUT2D eigenvalue weighted by Gasteiger charge is 2.34. The third-order valence-corrected chi connectivity index (χ3v) is 4.50.